The van der Waals surface area contributed by atoms with Crippen molar-refractivity contribution in [3.8, 4) is 0 Å². The quantitative estimate of drug-likeness (QED) is 0.814. The number of rotatable bonds is 7. The number of nitrogens with zero attached hydrogens (tertiary/aromatic N) is 2. The minimum atomic E-state index is -0.539. The number of hydrogen-bond donors (Lipinski definition) is 2. The van der Waals surface area contributed by atoms with Crippen molar-refractivity contribution in [2.75, 3.05) is 25.1 Å². The van der Waals surface area contributed by atoms with Gasteiger partial charge in [0.1, 0.15) is 17.0 Å². The molecular formula is C13H19N3O2S. The highest BCUT2D eigenvalue weighted by molar-refractivity contribution is 7.16. The van der Waals surface area contributed by atoms with Gasteiger partial charge >= 0.3 is 0 Å². The Morgan fingerprint density at radius 1 is 1.37 bits per heavy atom. The Morgan fingerprint density at radius 2 is 2.21 bits per heavy atom. The van der Waals surface area contributed by atoms with Gasteiger partial charge in [0.15, 0.2) is 0 Å². The van der Waals surface area contributed by atoms with Gasteiger partial charge in [-0.2, -0.15) is 0 Å². The summed E-state index contributed by atoms with van der Waals surface area (Å²) >= 11 is 1.57. The number of fused-ring (bicyclic) bond motifs is 1. The lowest BCUT2D eigenvalue weighted by molar-refractivity contribution is 0.0317. The molecule has 0 radical (unpaired) electrons. The molecule has 0 aliphatic heterocycles. The molecule has 0 aromatic carbocycles. The maximum atomic E-state index is 9.82. The molecule has 2 heterocycles. The fraction of sp³-hybridized carbons (Fsp3) is 0.538. The lowest BCUT2D eigenvalue weighted by atomic mass is 10.2. The highest BCUT2D eigenvalue weighted by atomic mass is 32.1. The van der Waals surface area contributed by atoms with Gasteiger partial charge in [0.25, 0.3) is 0 Å². The van der Waals surface area contributed by atoms with Gasteiger partial charge in [0.2, 0.25) is 0 Å². The highest BCUT2D eigenvalue weighted by Gasteiger charge is 2.08. The summed E-state index contributed by atoms with van der Waals surface area (Å²) in [6, 6.07) is 1.98. The Bertz CT molecular complexity index is 515. The molecule has 2 rings (SSSR count). The van der Waals surface area contributed by atoms with Crippen molar-refractivity contribution in [3.05, 3.63) is 17.8 Å². The molecule has 0 unspecified atom stereocenters. The number of ether oxygens (including phenoxy) is 1. The molecule has 0 fully saturated rings. The molecule has 0 spiro atoms. The van der Waals surface area contributed by atoms with Crippen LogP contribution < -0.4 is 5.32 Å². The van der Waals surface area contributed by atoms with E-state index >= 15 is 0 Å². The fourth-order valence-corrected chi connectivity index (χ4v) is 2.38. The zero-order chi connectivity index (χ0) is 13.7. The van der Waals surface area contributed by atoms with Crippen LogP contribution in [0.3, 0.4) is 0 Å². The fourth-order valence-electron chi connectivity index (χ4n) is 1.64. The molecule has 0 amide bonds. The first kappa shape index (κ1) is 14.2. The summed E-state index contributed by atoms with van der Waals surface area (Å²) in [5.74, 6) is 1.24. The van der Waals surface area contributed by atoms with Crippen LogP contribution in [-0.2, 0) is 4.74 Å². The maximum Gasteiger partial charge on any atom is 0.138 e. The summed E-state index contributed by atoms with van der Waals surface area (Å²) in [5, 5.41) is 15.9. The Balaban J connectivity index is 1.83. The van der Waals surface area contributed by atoms with E-state index in [4.69, 9.17) is 4.74 Å². The molecule has 0 aliphatic rings. The van der Waals surface area contributed by atoms with Crippen molar-refractivity contribution >= 4 is 27.4 Å². The predicted octanol–water partition coefficient (Wildman–Crippen LogP) is 2.14. The van der Waals surface area contributed by atoms with Crippen molar-refractivity contribution in [3.63, 3.8) is 0 Å². The zero-order valence-electron chi connectivity index (χ0n) is 11.2. The number of aliphatic hydroxyl groups excluding tert-OH is 1. The SMILES string of the molecule is CC(C)COC[C@@H](O)CNc1ncnc2sccc12. The van der Waals surface area contributed by atoms with Crippen LogP contribution >= 0.6 is 11.3 Å². The van der Waals surface area contributed by atoms with Gasteiger partial charge in [0, 0.05) is 13.2 Å². The number of anilines is 1. The number of aliphatic hydroxyl groups is 1. The Labute approximate surface area is 116 Å². The Hall–Kier alpha value is -1.24. The predicted molar refractivity (Wildman–Crippen MR) is 77.6 cm³/mol. The first-order valence-corrected chi connectivity index (χ1v) is 7.22. The molecule has 6 heteroatoms. The molecule has 0 aliphatic carbocycles. The van der Waals surface area contributed by atoms with E-state index in [-0.39, 0.29) is 0 Å². The van der Waals surface area contributed by atoms with E-state index < -0.39 is 6.10 Å². The summed E-state index contributed by atoms with van der Waals surface area (Å²) in [6.07, 6.45) is 0.991. The lowest BCUT2D eigenvalue weighted by Gasteiger charge is -2.14. The molecule has 0 saturated heterocycles. The van der Waals surface area contributed by atoms with Crippen LogP contribution in [0.15, 0.2) is 17.8 Å². The van der Waals surface area contributed by atoms with E-state index in [1.807, 2.05) is 11.4 Å². The van der Waals surface area contributed by atoms with E-state index in [1.165, 1.54) is 6.33 Å². The maximum absolute atomic E-state index is 9.82. The molecule has 2 aromatic rings. The van der Waals surface area contributed by atoms with Crippen LogP contribution in [0.4, 0.5) is 5.82 Å². The molecule has 2 N–H and O–H groups in total. The smallest absolute Gasteiger partial charge is 0.138 e. The molecule has 1 atom stereocenters. The number of hydrogen-bond acceptors (Lipinski definition) is 6. The molecule has 2 aromatic heterocycles. The number of thiophene rings is 1. The van der Waals surface area contributed by atoms with Crippen molar-refractivity contribution < 1.29 is 9.84 Å². The summed E-state index contributed by atoms with van der Waals surface area (Å²) in [6.45, 7) is 5.58. The average Bonchev–Trinajstić information content (AvgIpc) is 2.84. The summed E-state index contributed by atoms with van der Waals surface area (Å²) in [4.78, 5) is 9.32. The highest BCUT2D eigenvalue weighted by Crippen LogP contribution is 2.23. The standard InChI is InChI=1S/C13H19N3O2S/c1-9(2)6-18-7-10(17)5-14-12-11-3-4-19-13(11)16-8-15-12/h3-4,8-10,17H,5-7H2,1-2H3,(H,14,15,16)/t10-/m0/s1. The molecule has 0 saturated carbocycles. The van der Waals surface area contributed by atoms with Crippen LogP contribution in [0.5, 0.6) is 0 Å². The summed E-state index contributed by atoms with van der Waals surface area (Å²) in [7, 11) is 0. The molecule has 104 valence electrons. The van der Waals surface area contributed by atoms with Crippen LogP contribution in [0.1, 0.15) is 13.8 Å². The lowest BCUT2D eigenvalue weighted by Crippen LogP contribution is -2.26. The van der Waals surface area contributed by atoms with E-state index in [2.05, 4.69) is 29.1 Å². The number of nitrogens with one attached hydrogen (secondary N) is 1. The normalized spacial score (nSPS) is 13.1. The second-order valence-electron chi connectivity index (χ2n) is 4.83. The van der Waals surface area contributed by atoms with Gasteiger partial charge in [-0.1, -0.05) is 13.8 Å². The minimum Gasteiger partial charge on any atom is -0.389 e. The molecule has 0 bridgehead atoms. The summed E-state index contributed by atoms with van der Waals surface area (Å²) < 4.78 is 5.40. The van der Waals surface area contributed by atoms with Gasteiger partial charge in [-0.25, -0.2) is 9.97 Å². The Kier molecular flexibility index (Phi) is 5.07. The van der Waals surface area contributed by atoms with Crippen molar-refractivity contribution in [1.82, 2.24) is 9.97 Å². The third-order valence-corrected chi connectivity index (χ3v) is 3.35. The first-order valence-electron chi connectivity index (χ1n) is 6.34. The van der Waals surface area contributed by atoms with Crippen molar-refractivity contribution in [2.45, 2.75) is 20.0 Å². The second-order valence-corrected chi connectivity index (χ2v) is 5.72. The molecular weight excluding hydrogens is 262 g/mol. The van der Waals surface area contributed by atoms with Crippen molar-refractivity contribution in [2.24, 2.45) is 5.92 Å². The van der Waals surface area contributed by atoms with Crippen LogP contribution in [0.25, 0.3) is 10.2 Å². The summed E-state index contributed by atoms with van der Waals surface area (Å²) in [5.41, 5.74) is 0. The van der Waals surface area contributed by atoms with Crippen molar-refractivity contribution in [1.29, 1.82) is 0 Å². The van der Waals surface area contributed by atoms with Crippen LogP contribution in [0, 0.1) is 5.92 Å². The second kappa shape index (κ2) is 6.79. The largest absolute Gasteiger partial charge is 0.389 e. The molecule has 19 heavy (non-hydrogen) atoms. The third-order valence-electron chi connectivity index (χ3n) is 2.53. The first-order chi connectivity index (χ1) is 9.16. The van der Waals surface area contributed by atoms with E-state index in [9.17, 15) is 5.11 Å². The average molecular weight is 281 g/mol. The molecule has 5 nitrogen and oxygen atoms in total. The van der Waals surface area contributed by atoms with E-state index in [1.54, 1.807) is 11.3 Å². The van der Waals surface area contributed by atoms with Gasteiger partial charge < -0.3 is 15.2 Å². The van der Waals surface area contributed by atoms with Gasteiger partial charge in [-0.15, -0.1) is 11.3 Å². The zero-order valence-corrected chi connectivity index (χ0v) is 12.0. The minimum absolute atomic E-state index is 0.336. The third kappa shape index (κ3) is 4.12. The van der Waals surface area contributed by atoms with E-state index in [0.29, 0.717) is 25.7 Å². The van der Waals surface area contributed by atoms with Gasteiger partial charge in [-0.05, 0) is 17.4 Å². The van der Waals surface area contributed by atoms with Crippen LogP contribution in [-0.4, -0.2) is 40.9 Å². The topological polar surface area (TPSA) is 67.3 Å². The van der Waals surface area contributed by atoms with Gasteiger partial charge in [0.05, 0.1) is 18.1 Å². The monoisotopic (exact) mass is 281 g/mol. The van der Waals surface area contributed by atoms with E-state index in [0.717, 1.165) is 16.0 Å². The number of aromatic nitrogens is 2. The van der Waals surface area contributed by atoms with Crippen LogP contribution in [0.2, 0.25) is 0 Å². The van der Waals surface area contributed by atoms with Gasteiger partial charge in [-0.3, -0.25) is 0 Å². The Morgan fingerprint density at radius 3 is 3.00 bits per heavy atom.